The van der Waals surface area contributed by atoms with Gasteiger partial charge in [0.05, 0.1) is 0 Å². The molecule has 6 heteroatoms. The van der Waals surface area contributed by atoms with Crippen molar-refractivity contribution in [1.29, 1.82) is 0 Å². The Balaban J connectivity index is 1.45. The van der Waals surface area contributed by atoms with Crippen LogP contribution in [-0.2, 0) is 0 Å². The number of halogens is 2. The third-order valence-corrected chi connectivity index (χ3v) is 5.17. The molecule has 0 saturated heterocycles. The number of hydrogen-bond donors (Lipinski definition) is 2. The van der Waals surface area contributed by atoms with E-state index < -0.39 is 11.6 Å². The topological polar surface area (TPSA) is 58.2 Å². The highest BCUT2D eigenvalue weighted by molar-refractivity contribution is 5.94. The zero-order chi connectivity index (χ0) is 19.9. The van der Waals surface area contributed by atoms with Crippen molar-refractivity contribution in [3.05, 3.63) is 71.3 Å². The molecule has 0 aromatic heterocycles. The van der Waals surface area contributed by atoms with Gasteiger partial charge in [-0.25, -0.2) is 8.78 Å². The van der Waals surface area contributed by atoms with Gasteiger partial charge in [-0.05, 0) is 67.5 Å². The molecule has 1 aliphatic rings. The maximum atomic E-state index is 13.2. The summed E-state index contributed by atoms with van der Waals surface area (Å²) in [5, 5.41) is 5.76. The Morgan fingerprint density at radius 2 is 1.29 bits per heavy atom. The van der Waals surface area contributed by atoms with Gasteiger partial charge in [0, 0.05) is 24.2 Å². The van der Waals surface area contributed by atoms with Crippen LogP contribution in [0.4, 0.5) is 8.78 Å². The van der Waals surface area contributed by atoms with Crippen LogP contribution in [0.5, 0.6) is 0 Å². The summed E-state index contributed by atoms with van der Waals surface area (Å²) in [7, 11) is 0. The van der Waals surface area contributed by atoms with Crippen LogP contribution in [0.1, 0.15) is 46.4 Å². The lowest BCUT2D eigenvalue weighted by molar-refractivity contribution is 0.0935. The lowest BCUT2D eigenvalue weighted by Crippen LogP contribution is -2.35. The van der Waals surface area contributed by atoms with Crippen molar-refractivity contribution < 1.29 is 18.4 Å². The molecule has 3 rings (SSSR count). The van der Waals surface area contributed by atoms with Gasteiger partial charge in [-0.1, -0.05) is 18.6 Å². The van der Waals surface area contributed by atoms with Crippen molar-refractivity contribution in [2.24, 2.45) is 11.8 Å². The van der Waals surface area contributed by atoms with E-state index >= 15 is 0 Å². The van der Waals surface area contributed by atoms with Crippen LogP contribution >= 0.6 is 0 Å². The molecular formula is C22H24F2N2O2. The normalized spacial score (nSPS) is 19.1. The van der Waals surface area contributed by atoms with Gasteiger partial charge in [-0.2, -0.15) is 0 Å². The number of amides is 2. The zero-order valence-electron chi connectivity index (χ0n) is 15.6. The summed E-state index contributed by atoms with van der Waals surface area (Å²) in [5.41, 5.74) is 0.629. The quantitative estimate of drug-likeness (QED) is 0.790. The fourth-order valence-electron chi connectivity index (χ4n) is 3.71. The minimum atomic E-state index is -0.431. The first kappa shape index (κ1) is 20.0. The summed E-state index contributed by atoms with van der Waals surface area (Å²) in [5.74, 6) is -0.773. The van der Waals surface area contributed by atoms with Gasteiger partial charge in [0.1, 0.15) is 11.6 Å². The fourth-order valence-corrected chi connectivity index (χ4v) is 3.71. The van der Waals surface area contributed by atoms with E-state index in [0.29, 0.717) is 36.1 Å². The molecule has 2 aromatic rings. The van der Waals surface area contributed by atoms with Crippen LogP contribution < -0.4 is 10.6 Å². The second-order valence-corrected chi connectivity index (χ2v) is 7.34. The highest BCUT2D eigenvalue weighted by Gasteiger charge is 2.23. The molecule has 0 unspecified atom stereocenters. The molecular weight excluding hydrogens is 362 g/mol. The Bertz CT molecular complexity index is 773. The maximum Gasteiger partial charge on any atom is 0.251 e. The highest BCUT2D eigenvalue weighted by atomic mass is 19.1. The van der Waals surface area contributed by atoms with Crippen LogP contribution in [0.2, 0.25) is 0 Å². The minimum absolute atomic E-state index is 0.277. The van der Waals surface area contributed by atoms with E-state index in [1.165, 1.54) is 36.4 Å². The maximum absolute atomic E-state index is 13.2. The Morgan fingerprint density at radius 1 is 0.821 bits per heavy atom. The van der Waals surface area contributed by atoms with Gasteiger partial charge in [-0.3, -0.25) is 9.59 Å². The molecule has 0 bridgehead atoms. The first-order chi connectivity index (χ1) is 13.5. The van der Waals surface area contributed by atoms with Crippen LogP contribution in [-0.4, -0.2) is 24.9 Å². The number of carbonyl (C=O) groups excluding carboxylic acids is 2. The second kappa shape index (κ2) is 9.44. The third-order valence-electron chi connectivity index (χ3n) is 5.17. The van der Waals surface area contributed by atoms with Crippen molar-refractivity contribution in [2.45, 2.75) is 25.7 Å². The molecule has 28 heavy (non-hydrogen) atoms. The smallest absolute Gasteiger partial charge is 0.251 e. The van der Waals surface area contributed by atoms with E-state index in [-0.39, 0.29) is 11.8 Å². The highest BCUT2D eigenvalue weighted by Crippen LogP contribution is 2.28. The SMILES string of the molecule is O=C(NC[C@@H]1CCC[C@@H](CNC(=O)c2cccc(F)c2)C1)c1cccc(F)c1. The molecule has 2 atom stereocenters. The number of hydrogen-bond acceptors (Lipinski definition) is 2. The lowest BCUT2D eigenvalue weighted by atomic mass is 9.81. The fraction of sp³-hybridized carbons (Fsp3) is 0.364. The van der Waals surface area contributed by atoms with E-state index in [1.54, 1.807) is 12.1 Å². The second-order valence-electron chi connectivity index (χ2n) is 7.34. The van der Waals surface area contributed by atoms with Gasteiger partial charge < -0.3 is 10.6 Å². The Kier molecular flexibility index (Phi) is 6.74. The summed E-state index contributed by atoms with van der Waals surface area (Å²) in [6, 6.07) is 11.3. The molecule has 148 valence electrons. The van der Waals surface area contributed by atoms with Gasteiger partial charge >= 0.3 is 0 Å². The largest absolute Gasteiger partial charge is 0.352 e. The zero-order valence-corrected chi connectivity index (χ0v) is 15.6. The molecule has 2 N–H and O–H groups in total. The minimum Gasteiger partial charge on any atom is -0.352 e. The van der Waals surface area contributed by atoms with E-state index in [1.807, 2.05) is 0 Å². The Labute approximate surface area is 163 Å². The predicted molar refractivity (Wildman–Crippen MR) is 103 cm³/mol. The molecule has 0 aliphatic heterocycles. The third kappa shape index (κ3) is 5.62. The summed E-state index contributed by atoms with van der Waals surface area (Å²) < 4.78 is 26.5. The molecule has 2 aromatic carbocycles. The van der Waals surface area contributed by atoms with E-state index in [4.69, 9.17) is 0 Å². The molecule has 4 nitrogen and oxygen atoms in total. The monoisotopic (exact) mass is 386 g/mol. The van der Waals surface area contributed by atoms with Gasteiger partial charge in [0.2, 0.25) is 0 Å². The van der Waals surface area contributed by atoms with E-state index in [0.717, 1.165) is 25.7 Å². The van der Waals surface area contributed by atoms with E-state index in [9.17, 15) is 18.4 Å². The molecule has 2 amide bonds. The summed E-state index contributed by atoms with van der Waals surface area (Å²) in [6.45, 7) is 1.06. The van der Waals surface area contributed by atoms with Crippen molar-refractivity contribution in [3.63, 3.8) is 0 Å². The van der Waals surface area contributed by atoms with Crippen molar-refractivity contribution in [2.75, 3.05) is 13.1 Å². The molecule has 0 radical (unpaired) electrons. The average Bonchev–Trinajstić information content (AvgIpc) is 2.70. The van der Waals surface area contributed by atoms with Crippen molar-refractivity contribution >= 4 is 11.8 Å². The first-order valence-corrected chi connectivity index (χ1v) is 9.59. The molecule has 1 fully saturated rings. The number of rotatable bonds is 6. The van der Waals surface area contributed by atoms with Crippen molar-refractivity contribution in [3.8, 4) is 0 Å². The molecule has 0 heterocycles. The van der Waals surface area contributed by atoms with Crippen LogP contribution in [0, 0.1) is 23.5 Å². The molecule has 0 spiro atoms. The predicted octanol–water partition coefficient (Wildman–Crippen LogP) is 3.93. The average molecular weight is 386 g/mol. The van der Waals surface area contributed by atoms with E-state index in [2.05, 4.69) is 10.6 Å². The van der Waals surface area contributed by atoms with Crippen LogP contribution in [0.3, 0.4) is 0 Å². The van der Waals surface area contributed by atoms with Crippen molar-refractivity contribution in [1.82, 2.24) is 10.6 Å². The molecule has 1 aliphatic carbocycles. The summed E-state index contributed by atoms with van der Waals surface area (Å²) in [6.07, 6.45) is 3.95. The summed E-state index contributed by atoms with van der Waals surface area (Å²) >= 11 is 0. The number of benzene rings is 2. The Morgan fingerprint density at radius 3 is 1.71 bits per heavy atom. The van der Waals surface area contributed by atoms with Crippen LogP contribution in [0.25, 0.3) is 0 Å². The lowest BCUT2D eigenvalue weighted by Gasteiger charge is -2.29. The summed E-state index contributed by atoms with van der Waals surface area (Å²) in [4.78, 5) is 24.3. The molecule has 1 saturated carbocycles. The first-order valence-electron chi connectivity index (χ1n) is 9.59. The Hall–Kier alpha value is -2.76. The van der Waals surface area contributed by atoms with Gasteiger partial charge in [-0.15, -0.1) is 0 Å². The van der Waals surface area contributed by atoms with Gasteiger partial charge in [0.15, 0.2) is 0 Å². The standard InChI is InChI=1S/C22H24F2N2O2/c23-19-8-2-6-17(11-19)21(27)25-13-15-4-1-5-16(10-15)14-26-22(28)18-7-3-9-20(24)12-18/h2-3,6-9,11-12,15-16H,1,4-5,10,13-14H2,(H,25,27)(H,26,28)/t15-,16-/m1/s1. The number of carbonyl (C=O) groups is 2. The van der Waals surface area contributed by atoms with Gasteiger partial charge in [0.25, 0.3) is 11.8 Å². The van der Waals surface area contributed by atoms with Crippen LogP contribution in [0.15, 0.2) is 48.5 Å². The number of nitrogens with one attached hydrogen (secondary N) is 2.